The molecule has 0 fully saturated rings. The van der Waals surface area contributed by atoms with Gasteiger partial charge in [-0.25, -0.2) is 0 Å². The number of hydrogen-bond acceptors (Lipinski definition) is 4. The Hall–Kier alpha value is -1.20. The molecule has 19 heavy (non-hydrogen) atoms. The van der Waals surface area contributed by atoms with Gasteiger partial charge in [0.2, 0.25) is 5.91 Å². The smallest absolute Gasteiger partial charge is 0.224 e. The van der Waals surface area contributed by atoms with Crippen LogP contribution in [0.15, 0.2) is 24.3 Å². The van der Waals surface area contributed by atoms with Crippen molar-refractivity contribution in [2.45, 2.75) is 12.8 Å². The second-order valence-electron chi connectivity index (χ2n) is 4.07. The number of nitrogens with one attached hydrogen (secondary N) is 1. The fourth-order valence-corrected chi connectivity index (χ4v) is 2.35. The Balaban J connectivity index is 2.19. The lowest BCUT2D eigenvalue weighted by Crippen LogP contribution is -2.27. The number of aliphatic hydroxyl groups is 1. The number of carbonyl (C=O) groups excluding carboxylic acids is 1. The summed E-state index contributed by atoms with van der Waals surface area (Å²) in [5, 5.41) is 11.5. The summed E-state index contributed by atoms with van der Waals surface area (Å²) >= 11 is 1.74. The van der Waals surface area contributed by atoms with Gasteiger partial charge in [-0.2, -0.15) is 11.8 Å². The van der Waals surface area contributed by atoms with Gasteiger partial charge in [0, 0.05) is 18.9 Å². The Kier molecular flexibility index (Phi) is 8.09. The van der Waals surface area contributed by atoms with E-state index in [9.17, 15) is 4.79 Å². The van der Waals surface area contributed by atoms with Gasteiger partial charge in [-0.05, 0) is 29.9 Å². The van der Waals surface area contributed by atoms with E-state index in [2.05, 4.69) is 5.32 Å². The molecule has 0 radical (unpaired) electrons. The van der Waals surface area contributed by atoms with Gasteiger partial charge in [0.05, 0.1) is 13.5 Å². The number of hydrogen-bond donors (Lipinski definition) is 2. The van der Waals surface area contributed by atoms with Crippen LogP contribution in [0.4, 0.5) is 0 Å². The van der Waals surface area contributed by atoms with Crippen molar-refractivity contribution < 1.29 is 14.6 Å². The van der Waals surface area contributed by atoms with Gasteiger partial charge < -0.3 is 15.2 Å². The van der Waals surface area contributed by atoms with Crippen LogP contribution < -0.4 is 10.1 Å². The zero-order chi connectivity index (χ0) is 13.9. The van der Waals surface area contributed by atoms with E-state index >= 15 is 0 Å². The van der Waals surface area contributed by atoms with E-state index in [0.717, 1.165) is 29.2 Å². The Labute approximate surface area is 118 Å². The molecule has 1 amide bonds. The first-order chi connectivity index (χ1) is 9.26. The molecular formula is C14H21NO3S. The first-order valence-corrected chi connectivity index (χ1v) is 7.50. The molecule has 106 valence electrons. The fourth-order valence-electron chi connectivity index (χ4n) is 1.56. The minimum atomic E-state index is 0.0241. The molecule has 2 N–H and O–H groups in total. The molecular weight excluding hydrogens is 262 g/mol. The molecule has 0 saturated heterocycles. The van der Waals surface area contributed by atoms with Gasteiger partial charge in [0.25, 0.3) is 0 Å². The van der Waals surface area contributed by atoms with Gasteiger partial charge in [-0.3, -0.25) is 4.79 Å². The number of aliphatic hydroxyl groups excluding tert-OH is 1. The highest BCUT2D eigenvalue weighted by Gasteiger charge is 2.03. The van der Waals surface area contributed by atoms with Crippen LogP contribution in [0.1, 0.15) is 12.0 Å². The standard InChI is InChI=1S/C14H21NO3S/c1-18-13-5-2-4-12(10-13)11-14(17)15-6-9-19-8-3-7-16/h2,4-5,10,16H,3,6-9,11H2,1H3,(H,15,17). The molecule has 0 aliphatic heterocycles. The lowest BCUT2D eigenvalue weighted by atomic mass is 10.1. The van der Waals surface area contributed by atoms with E-state index in [0.29, 0.717) is 13.0 Å². The summed E-state index contributed by atoms with van der Waals surface area (Å²) in [5.74, 6) is 2.60. The number of benzene rings is 1. The summed E-state index contributed by atoms with van der Waals surface area (Å²) in [6, 6.07) is 7.53. The average Bonchev–Trinajstić information content (AvgIpc) is 2.43. The maximum atomic E-state index is 11.7. The number of rotatable bonds is 9. The van der Waals surface area contributed by atoms with Crippen LogP contribution >= 0.6 is 11.8 Å². The van der Waals surface area contributed by atoms with Crippen LogP contribution in [0.5, 0.6) is 5.75 Å². The lowest BCUT2D eigenvalue weighted by Gasteiger charge is -2.06. The lowest BCUT2D eigenvalue weighted by molar-refractivity contribution is -0.120. The molecule has 0 aliphatic rings. The normalized spacial score (nSPS) is 10.2. The van der Waals surface area contributed by atoms with Gasteiger partial charge in [0.15, 0.2) is 0 Å². The number of carbonyl (C=O) groups is 1. The van der Waals surface area contributed by atoms with Crippen molar-refractivity contribution in [3.63, 3.8) is 0 Å². The fraction of sp³-hybridized carbons (Fsp3) is 0.500. The van der Waals surface area contributed by atoms with Crippen molar-refractivity contribution >= 4 is 17.7 Å². The van der Waals surface area contributed by atoms with Gasteiger partial charge in [-0.1, -0.05) is 12.1 Å². The Bertz CT molecular complexity index is 385. The predicted octanol–water partition coefficient (Wildman–Crippen LogP) is 1.47. The van der Waals surface area contributed by atoms with Crippen LogP contribution in [0.25, 0.3) is 0 Å². The Morgan fingerprint density at radius 3 is 3.00 bits per heavy atom. The first kappa shape index (κ1) is 15.9. The van der Waals surface area contributed by atoms with Gasteiger partial charge in [0.1, 0.15) is 5.75 Å². The molecule has 0 unspecified atom stereocenters. The monoisotopic (exact) mass is 283 g/mol. The molecule has 4 nitrogen and oxygen atoms in total. The third kappa shape index (κ3) is 7.08. The van der Waals surface area contributed by atoms with E-state index in [1.807, 2.05) is 24.3 Å². The SMILES string of the molecule is COc1cccc(CC(=O)NCCSCCCO)c1. The second kappa shape index (κ2) is 9.69. The molecule has 0 atom stereocenters. The topological polar surface area (TPSA) is 58.6 Å². The van der Waals surface area contributed by atoms with Crippen molar-refractivity contribution in [2.24, 2.45) is 0 Å². The molecule has 5 heteroatoms. The molecule has 0 aliphatic carbocycles. The van der Waals surface area contributed by atoms with Gasteiger partial charge in [-0.15, -0.1) is 0 Å². The van der Waals surface area contributed by atoms with Crippen molar-refractivity contribution in [1.29, 1.82) is 0 Å². The highest BCUT2D eigenvalue weighted by atomic mass is 32.2. The number of ether oxygens (including phenoxy) is 1. The third-order valence-corrected chi connectivity index (χ3v) is 3.58. The van der Waals surface area contributed by atoms with E-state index in [1.54, 1.807) is 18.9 Å². The van der Waals surface area contributed by atoms with E-state index in [1.165, 1.54) is 0 Å². The largest absolute Gasteiger partial charge is 0.497 e. The number of amides is 1. The van der Waals surface area contributed by atoms with E-state index < -0.39 is 0 Å². The predicted molar refractivity (Wildman–Crippen MR) is 78.7 cm³/mol. The number of thioether (sulfide) groups is 1. The second-order valence-corrected chi connectivity index (χ2v) is 5.29. The third-order valence-electron chi connectivity index (χ3n) is 2.51. The summed E-state index contributed by atoms with van der Waals surface area (Å²) in [5.41, 5.74) is 0.949. The minimum Gasteiger partial charge on any atom is -0.497 e. The van der Waals surface area contributed by atoms with Crippen molar-refractivity contribution in [1.82, 2.24) is 5.32 Å². The number of methoxy groups -OCH3 is 1. The Morgan fingerprint density at radius 1 is 1.42 bits per heavy atom. The summed E-state index contributed by atoms with van der Waals surface area (Å²) in [7, 11) is 1.61. The molecule has 0 spiro atoms. The van der Waals surface area contributed by atoms with Crippen LogP contribution in [-0.2, 0) is 11.2 Å². The highest BCUT2D eigenvalue weighted by Crippen LogP contribution is 2.12. The molecule has 0 saturated carbocycles. The summed E-state index contributed by atoms with van der Waals surface area (Å²) in [6.45, 7) is 0.897. The zero-order valence-corrected chi connectivity index (χ0v) is 12.0. The first-order valence-electron chi connectivity index (χ1n) is 6.34. The maximum absolute atomic E-state index is 11.7. The van der Waals surface area contributed by atoms with Crippen molar-refractivity contribution in [2.75, 3.05) is 31.8 Å². The molecule has 0 bridgehead atoms. The van der Waals surface area contributed by atoms with E-state index in [-0.39, 0.29) is 12.5 Å². The van der Waals surface area contributed by atoms with Crippen LogP contribution in [0, 0.1) is 0 Å². The summed E-state index contributed by atoms with van der Waals surface area (Å²) in [4.78, 5) is 11.7. The van der Waals surface area contributed by atoms with Crippen molar-refractivity contribution in [3.05, 3.63) is 29.8 Å². The molecule has 0 heterocycles. The Morgan fingerprint density at radius 2 is 2.26 bits per heavy atom. The summed E-state index contributed by atoms with van der Waals surface area (Å²) < 4.78 is 5.12. The molecule has 1 rings (SSSR count). The molecule has 0 aromatic heterocycles. The van der Waals surface area contributed by atoms with Gasteiger partial charge >= 0.3 is 0 Å². The highest BCUT2D eigenvalue weighted by molar-refractivity contribution is 7.99. The van der Waals surface area contributed by atoms with Crippen LogP contribution in [0.2, 0.25) is 0 Å². The van der Waals surface area contributed by atoms with Crippen LogP contribution in [0.3, 0.4) is 0 Å². The minimum absolute atomic E-state index is 0.0241. The van der Waals surface area contributed by atoms with Crippen molar-refractivity contribution in [3.8, 4) is 5.75 Å². The quantitative estimate of drug-likeness (QED) is 0.674. The maximum Gasteiger partial charge on any atom is 0.224 e. The zero-order valence-electron chi connectivity index (χ0n) is 11.2. The van der Waals surface area contributed by atoms with E-state index in [4.69, 9.17) is 9.84 Å². The van der Waals surface area contributed by atoms with Crippen LogP contribution in [-0.4, -0.2) is 42.8 Å². The average molecular weight is 283 g/mol. The molecule has 1 aromatic carbocycles. The summed E-state index contributed by atoms with van der Waals surface area (Å²) in [6.07, 6.45) is 1.18. The molecule has 1 aromatic rings.